The van der Waals surface area contributed by atoms with E-state index in [1.807, 2.05) is 0 Å². The van der Waals surface area contributed by atoms with Gasteiger partial charge in [-0.05, 0) is 38.2 Å². The molecule has 1 atom stereocenters. The predicted octanol–water partition coefficient (Wildman–Crippen LogP) is 3.72. The molecule has 0 spiro atoms. The zero-order valence-electron chi connectivity index (χ0n) is 12.0. The number of hydrogen-bond acceptors (Lipinski definition) is 2. The van der Waals surface area contributed by atoms with Crippen molar-refractivity contribution in [3.63, 3.8) is 0 Å². The number of hydrogen-bond donors (Lipinski definition) is 2. The van der Waals surface area contributed by atoms with E-state index in [1.165, 1.54) is 16.8 Å². The Kier molecular flexibility index (Phi) is 8.51. The topological polar surface area (TPSA) is 38.0 Å². The van der Waals surface area contributed by atoms with Gasteiger partial charge in [0.2, 0.25) is 0 Å². The van der Waals surface area contributed by atoms with Gasteiger partial charge >= 0.3 is 0 Å². The van der Waals surface area contributed by atoms with Gasteiger partial charge in [-0.25, -0.2) is 0 Å². The molecule has 0 fully saturated rings. The van der Waals surface area contributed by atoms with Gasteiger partial charge in [0.15, 0.2) is 0 Å². The molecule has 0 amide bonds. The van der Waals surface area contributed by atoms with E-state index in [0.717, 1.165) is 12.8 Å². The van der Waals surface area contributed by atoms with E-state index < -0.39 is 0 Å². The number of rotatable bonds is 7. The highest BCUT2D eigenvalue weighted by atomic mass is 15.0. The van der Waals surface area contributed by atoms with Crippen LogP contribution in [0.15, 0.2) is 35.1 Å². The van der Waals surface area contributed by atoms with E-state index in [1.54, 1.807) is 0 Å². The second-order valence-corrected chi connectivity index (χ2v) is 4.13. The third-order valence-electron chi connectivity index (χ3n) is 3.15. The van der Waals surface area contributed by atoms with Gasteiger partial charge in [0.25, 0.3) is 0 Å². The molecule has 0 rings (SSSR count). The van der Waals surface area contributed by atoms with Gasteiger partial charge in [0.1, 0.15) is 0 Å². The first-order valence-corrected chi connectivity index (χ1v) is 6.60. The number of nitrogens with two attached hydrogens (primary N) is 1. The maximum atomic E-state index is 5.60. The van der Waals surface area contributed by atoms with Crippen molar-refractivity contribution in [2.75, 3.05) is 6.67 Å². The lowest BCUT2D eigenvalue weighted by Crippen LogP contribution is -2.23. The molecule has 2 nitrogen and oxygen atoms in total. The molecule has 0 aromatic rings. The average Bonchev–Trinajstić information content (AvgIpc) is 2.32. The lowest BCUT2D eigenvalue weighted by molar-refractivity contribution is 0.759. The van der Waals surface area contributed by atoms with Crippen molar-refractivity contribution in [1.82, 2.24) is 5.32 Å². The summed E-state index contributed by atoms with van der Waals surface area (Å²) in [6.45, 7) is 11.3. The van der Waals surface area contributed by atoms with Gasteiger partial charge in [-0.2, -0.15) is 0 Å². The molecule has 0 aromatic carbocycles. The molecule has 0 aliphatic carbocycles. The summed E-state index contributed by atoms with van der Waals surface area (Å²) in [7, 11) is 0. The molecule has 0 aliphatic heterocycles. The van der Waals surface area contributed by atoms with Gasteiger partial charge in [0, 0.05) is 5.70 Å². The lowest BCUT2D eigenvalue weighted by atomic mass is 9.95. The van der Waals surface area contributed by atoms with E-state index in [4.69, 9.17) is 5.73 Å². The molecule has 0 radical (unpaired) electrons. The largest absolute Gasteiger partial charge is 0.373 e. The van der Waals surface area contributed by atoms with Crippen LogP contribution in [-0.2, 0) is 0 Å². The van der Waals surface area contributed by atoms with E-state index in [0.29, 0.717) is 12.6 Å². The standard InChI is InChI=1S/C15H28N2/c1-6-13(7-2)12(5)10-15(17-11-16)14(8-3)9-4/h6,8,10,12,17H,7,9,11,16H2,1-5H3/b13-6-,14-8+,15-10-. The fourth-order valence-electron chi connectivity index (χ4n) is 2.09. The molecule has 0 heterocycles. The van der Waals surface area contributed by atoms with Gasteiger partial charge in [-0.1, -0.05) is 44.6 Å². The van der Waals surface area contributed by atoms with Gasteiger partial charge in [0.05, 0.1) is 6.67 Å². The molecule has 0 saturated carbocycles. The Morgan fingerprint density at radius 3 is 2.18 bits per heavy atom. The molecular formula is C15H28N2. The fraction of sp³-hybridized carbons (Fsp3) is 0.600. The highest BCUT2D eigenvalue weighted by Gasteiger charge is 2.07. The Labute approximate surface area is 107 Å². The van der Waals surface area contributed by atoms with Crippen LogP contribution in [-0.4, -0.2) is 6.67 Å². The first kappa shape index (κ1) is 16.0. The van der Waals surface area contributed by atoms with Crippen LogP contribution in [0.5, 0.6) is 0 Å². The lowest BCUT2D eigenvalue weighted by Gasteiger charge is -2.16. The van der Waals surface area contributed by atoms with Gasteiger partial charge in [-0.15, -0.1) is 0 Å². The molecule has 2 heteroatoms. The molecule has 0 bridgehead atoms. The van der Waals surface area contributed by atoms with Crippen molar-refractivity contribution >= 4 is 0 Å². The van der Waals surface area contributed by atoms with Crippen LogP contribution in [0.1, 0.15) is 47.5 Å². The van der Waals surface area contributed by atoms with Crippen molar-refractivity contribution < 1.29 is 0 Å². The smallest absolute Gasteiger partial charge is 0.0628 e. The van der Waals surface area contributed by atoms with Crippen molar-refractivity contribution in [3.05, 3.63) is 35.1 Å². The van der Waals surface area contributed by atoms with Crippen LogP contribution in [0.2, 0.25) is 0 Å². The Balaban J connectivity index is 5.04. The number of allylic oxidation sites excluding steroid dienone is 5. The summed E-state index contributed by atoms with van der Waals surface area (Å²) in [5, 5.41) is 3.26. The molecule has 17 heavy (non-hydrogen) atoms. The van der Waals surface area contributed by atoms with Crippen LogP contribution in [0.3, 0.4) is 0 Å². The fourth-order valence-corrected chi connectivity index (χ4v) is 2.09. The van der Waals surface area contributed by atoms with Crippen LogP contribution < -0.4 is 11.1 Å². The minimum atomic E-state index is 0.459. The van der Waals surface area contributed by atoms with Crippen LogP contribution >= 0.6 is 0 Å². The highest BCUT2D eigenvalue weighted by molar-refractivity contribution is 5.31. The van der Waals surface area contributed by atoms with Crippen molar-refractivity contribution in [2.24, 2.45) is 11.7 Å². The Hall–Kier alpha value is -1.02. The summed E-state index contributed by atoms with van der Waals surface area (Å²) in [5.74, 6) is 0.459. The van der Waals surface area contributed by atoms with E-state index in [-0.39, 0.29) is 0 Å². The normalized spacial score (nSPS) is 16.0. The van der Waals surface area contributed by atoms with E-state index in [2.05, 4.69) is 58.2 Å². The summed E-state index contributed by atoms with van der Waals surface area (Å²) >= 11 is 0. The van der Waals surface area contributed by atoms with E-state index >= 15 is 0 Å². The first-order valence-electron chi connectivity index (χ1n) is 6.60. The summed E-state index contributed by atoms with van der Waals surface area (Å²) in [6.07, 6.45) is 8.77. The summed E-state index contributed by atoms with van der Waals surface area (Å²) < 4.78 is 0. The minimum Gasteiger partial charge on any atom is -0.373 e. The second-order valence-electron chi connectivity index (χ2n) is 4.13. The third-order valence-corrected chi connectivity index (χ3v) is 3.15. The average molecular weight is 236 g/mol. The van der Waals surface area contributed by atoms with Crippen LogP contribution in [0.4, 0.5) is 0 Å². The van der Waals surface area contributed by atoms with Crippen molar-refractivity contribution in [1.29, 1.82) is 0 Å². The Morgan fingerprint density at radius 2 is 1.82 bits per heavy atom. The summed E-state index contributed by atoms with van der Waals surface area (Å²) in [5.41, 5.74) is 9.57. The van der Waals surface area contributed by atoms with Crippen molar-refractivity contribution in [2.45, 2.75) is 47.5 Å². The predicted molar refractivity (Wildman–Crippen MR) is 77.5 cm³/mol. The molecule has 0 saturated heterocycles. The molecule has 1 unspecified atom stereocenters. The monoisotopic (exact) mass is 236 g/mol. The molecule has 3 N–H and O–H groups in total. The minimum absolute atomic E-state index is 0.459. The van der Waals surface area contributed by atoms with Crippen molar-refractivity contribution in [3.8, 4) is 0 Å². The highest BCUT2D eigenvalue weighted by Crippen LogP contribution is 2.20. The SMILES string of the molecule is C/C=C(/CC)C(C)/C=C(NCN)/C(=C/C)CC. The van der Waals surface area contributed by atoms with Crippen LogP contribution in [0, 0.1) is 5.92 Å². The zero-order valence-corrected chi connectivity index (χ0v) is 12.0. The molecule has 0 aliphatic rings. The van der Waals surface area contributed by atoms with Gasteiger partial charge < -0.3 is 11.1 Å². The zero-order chi connectivity index (χ0) is 13.3. The third kappa shape index (κ3) is 5.22. The van der Waals surface area contributed by atoms with E-state index in [9.17, 15) is 0 Å². The summed E-state index contributed by atoms with van der Waals surface area (Å²) in [6, 6.07) is 0. The molecule has 98 valence electrons. The Bertz CT molecular complexity index is 298. The van der Waals surface area contributed by atoms with Gasteiger partial charge in [-0.3, -0.25) is 0 Å². The first-order chi connectivity index (χ1) is 8.14. The Morgan fingerprint density at radius 1 is 1.18 bits per heavy atom. The molecular weight excluding hydrogens is 208 g/mol. The second kappa shape index (κ2) is 9.06. The quantitative estimate of drug-likeness (QED) is 0.401. The number of nitrogens with one attached hydrogen (secondary N) is 1. The van der Waals surface area contributed by atoms with Crippen LogP contribution in [0.25, 0.3) is 0 Å². The summed E-state index contributed by atoms with van der Waals surface area (Å²) in [4.78, 5) is 0. The maximum Gasteiger partial charge on any atom is 0.0628 e. The maximum absolute atomic E-state index is 5.60. The molecule has 0 aromatic heterocycles.